The van der Waals surface area contributed by atoms with Gasteiger partial charge in [0.1, 0.15) is 11.9 Å². The van der Waals surface area contributed by atoms with Gasteiger partial charge in [-0.25, -0.2) is 4.39 Å². The van der Waals surface area contributed by atoms with Crippen LogP contribution in [0.3, 0.4) is 0 Å². The fraction of sp³-hybridized carbons (Fsp3) is 0.500. The zero-order chi connectivity index (χ0) is 15.0. The molecule has 1 aromatic carbocycles. The fourth-order valence-corrected chi connectivity index (χ4v) is 3.74. The molecule has 0 aromatic heterocycles. The maximum Gasteiger partial charge on any atom is 0.240 e. The Balaban J connectivity index is 2.00. The highest BCUT2D eigenvalue weighted by molar-refractivity contribution is 6.06. The molecule has 1 aliphatic carbocycles. The maximum atomic E-state index is 13.5. The van der Waals surface area contributed by atoms with Gasteiger partial charge in [0.15, 0.2) is 0 Å². The monoisotopic (exact) mass is 290 g/mol. The lowest BCUT2D eigenvalue weighted by molar-refractivity contribution is -0.127. The zero-order valence-corrected chi connectivity index (χ0v) is 11.8. The molecule has 1 atom stereocenters. The Kier molecular flexibility index (Phi) is 3.43. The van der Waals surface area contributed by atoms with Gasteiger partial charge in [-0.05, 0) is 37.5 Å². The van der Waals surface area contributed by atoms with Gasteiger partial charge in [-0.3, -0.25) is 14.5 Å². The van der Waals surface area contributed by atoms with Crippen LogP contribution in [-0.4, -0.2) is 17.9 Å². The van der Waals surface area contributed by atoms with Gasteiger partial charge in [0.2, 0.25) is 11.8 Å². The number of amides is 2. The van der Waals surface area contributed by atoms with E-state index in [4.69, 9.17) is 5.73 Å². The smallest absolute Gasteiger partial charge is 0.240 e. The number of nitrogens with zero attached hydrogens (tertiary/aromatic N) is 1. The highest BCUT2D eigenvalue weighted by Crippen LogP contribution is 2.48. The number of halogens is 1. The van der Waals surface area contributed by atoms with E-state index in [0.29, 0.717) is 12.1 Å². The third-order valence-electron chi connectivity index (χ3n) is 4.79. The molecule has 1 aliphatic heterocycles. The number of benzene rings is 1. The third-order valence-corrected chi connectivity index (χ3v) is 4.79. The molecule has 1 spiro atoms. The second kappa shape index (κ2) is 5.13. The Labute approximate surface area is 123 Å². The zero-order valence-electron chi connectivity index (χ0n) is 11.8. The van der Waals surface area contributed by atoms with Crippen LogP contribution in [0, 0.1) is 11.2 Å². The highest BCUT2D eigenvalue weighted by Gasteiger charge is 2.53. The molecule has 1 saturated heterocycles. The fourth-order valence-electron chi connectivity index (χ4n) is 3.74. The van der Waals surface area contributed by atoms with Crippen molar-refractivity contribution in [1.82, 2.24) is 0 Å². The molecule has 2 N–H and O–H groups in total. The normalized spacial score (nSPS) is 24.5. The first-order valence-corrected chi connectivity index (χ1v) is 7.42. The van der Waals surface area contributed by atoms with Crippen LogP contribution in [0.25, 0.3) is 0 Å². The number of nitrogens with two attached hydrogens (primary N) is 1. The third kappa shape index (κ3) is 2.30. The molecular weight excluding hydrogens is 271 g/mol. The molecule has 21 heavy (non-hydrogen) atoms. The van der Waals surface area contributed by atoms with E-state index in [-0.39, 0.29) is 5.91 Å². The second-order valence-electron chi connectivity index (χ2n) is 6.12. The standard InChI is InChI=1S/C16H19FN2O2/c17-11-5-4-6-12(9-11)19-13(14(18)20)10-16(15(19)21)7-2-1-3-8-16/h4-6,9,13H,1-3,7-8,10H2,(H2,18,20). The molecule has 1 heterocycles. The van der Waals surface area contributed by atoms with Crippen molar-refractivity contribution in [3.8, 4) is 0 Å². The topological polar surface area (TPSA) is 63.4 Å². The maximum absolute atomic E-state index is 13.5. The number of hydrogen-bond donors (Lipinski definition) is 1. The highest BCUT2D eigenvalue weighted by atomic mass is 19.1. The van der Waals surface area contributed by atoms with E-state index >= 15 is 0 Å². The largest absolute Gasteiger partial charge is 0.368 e. The van der Waals surface area contributed by atoms with Crippen LogP contribution in [-0.2, 0) is 9.59 Å². The number of rotatable bonds is 2. The van der Waals surface area contributed by atoms with Crippen molar-refractivity contribution in [2.45, 2.75) is 44.6 Å². The Bertz CT molecular complexity index is 581. The van der Waals surface area contributed by atoms with Gasteiger partial charge in [-0.2, -0.15) is 0 Å². The van der Waals surface area contributed by atoms with E-state index in [1.54, 1.807) is 12.1 Å². The summed E-state index contributed by atoms with van der Waals surface area (Å²) in [5, 5.41) is 0. The van der Waals surface area contributed by atoms with Crippen LogP contribution in [0.2, 0.25) is 0 Å². The van der Waals surface area contributed by atoms with Gasteiger partial charge in [-0.1, -0.05) is 25.3 Å². The summed E-state index contributed by atoms with van der Waals surface area (Å²) < 4.78 is 13.5. The van der Waals surface area contributed by atoms with Crippen molar-refractivity contribution >= 4 is 17.5 Å². The summed E-state index contributed by atoms with van der Waals surface area (Å²) in [5.74, 6) is -1.01. The van der Waals surface area contributed by atoms with E-state index in [2.05, 4.69) is 0 Å². The average molecular weight is 290 g/mol. The van der Waals surface area contributed by atoms with Crippen molar-refractivity contribution in [3.63, 3.8) is 0 Å². The van der Waals surface area contributed by atoms with Crippen molar-refractivity contribution in [2.75, 3.05) is 4.90 Å². The molecule has 2 fully saturated rings. The summed E-state index contributed by atoms with van der Waals surface area (Å²) in [4.78, 5) is 26.1. The van der Waals surface area contributed by atoms with Gasteiger partial charge in [0.25, 0.3) is 0 Å². The summed E-state index contributed by atoms with van der Waals surface area (Å²) in [5.41, 5.74) is 5.43. The molecule has 0 bridgehead atoms. The number of primary amides is 1. The summed E-state index contributed by atoms with van der Waals surface area (Å²) in [6.07, 6.45) is 5.15. The summed E-state index contributed by atoms with van der Waals surface area (Å²) in [6, 6.07) is 5.13. The van der Waals surface area contributed by atoms with E-state index in [9.17, 15) is 14.0 Å². The second-order valence-corrected chi connectivity index (χ2v) is 6.12. The van der Waals surface area contributed by atoms with E-state index in [0.717, 1.165) is 32.1 Å². The number of carbonyl (C=O) groups excluding carboxylic acids is 2. The minimum Gasteiger partial charge on any atom is -0.368 e. The first-order chi connectivity index (χ1) is 10.0. The Morgan fingerprint density at radius 1 is 1.29 bits per heavy atom. The molecule has 2 aliphatic rings. The predicted octanol–water partition coefficient (Wildman–Crippen LogP) is 2.37. The van der Waals surface area contributed by atoms with Gasteiger partial charge in [0, 0.05) is 5.69 Å². The molecule has 3 rings (SSSR count). The van der Waals surface area contributed by atoms with Crippen LogP contribution < -0.4 is 10.6 Å². The lowest BCUT2D eigenvalue weighted by Crippen LogP contribution is -2.43. The molecule has 1 saturated carbocycles. The van der Waals surface area contributed by atoms with Gasteiger partial charge >= 0.3 is 0 Å². The Hall–Kier alpha value is -1.91. The van der Waals surface area contributed by atoms with E-state index < -0.39 is 23.2 Å². The van der Waals surface area contributed by atoms with Gasteiger partial charge < -0.3 is 5.73 Å². The predicted molar refractivity (Wildman–Crippen MR) is 77.0 cm³/mol. The van der Waals surface area contributed by atoms with E-state index in [1.807, 2.05) is 0 Å². The number of carbonyl (C=O) groups is 2. The Morgan fingerprint density at radius 3 is 2.62 bits per heavy atom. The van der Waals surface area contributed by atoms with Gasteiger partial charge in [-0.15, -0.1) is 0 Å². The molecule has 4 nitrogen and oxygen atoms in total. The lowest BCUT2D eigenvalue weighted by atomic mass is 9.72. The lowest BCUT2D eigenvalue weighted by Gasteiger charge is -2.31. The van der Waals surface area contributed by atoms with Crippen LogP contribution in [0.5, 0.6) is 0 Å². The minimum absolute atomic E-state index is 0.0726. The van der Waals surface area contributed by atoms with Crippen molar-refractivity contribution in [3.05, 3.63) is 30.1 Å². The van der Waals surface area contributed by atoms with Crippen molar-refractivity contribution in [2.24, 2.45) is 11.1 Å². The molecule has 5 heteroatoms. The first kappa shape index (κ1) is 14.0. The van der Waals surface area contributed by atoms with Crippen LogP contribution in [0.4, 0.5) is 10.1 Å². The SMILES string of the molecule is NC(=O)C1CC2(CCCCC2)C(=O)N1c1cccc(F)c1. The molecule has 1 unspecified atom stereocenters. The summed E-state index contributed by atoms with van der Waals surface area (Å²) in [6.45, 7) is 0. The number of hydrogen-bond acceptors (Lipinski definition) is 2. The summed E-state index contributed by atoms with van der Waals surface area (Å²) in [7, 11) is 0. The molecule has 2 amide bonds. The van der Waals surface area contributed by atoms with Gasteiger partial charge in [0.05, 0.1) is 5.41 Å². The number of anilines is 1. The van der Waals surface area contributed by atoms with Crippen molar-refractivity contribution in [1.29, 1.82) is 0 Å². The van der Waals surface area contributed by atoms with Crippen LogP contribution in [0.1, 0.15) is 38.5 Å². The molecule has 1 aromatic rings. The quantitative estimate of drug-likeness (QED) is 0.908. The Morgan fingerprint density at radius 2 is 2.00 bits per heavy atom. The summed E-state index contributed by atoms with van der Waals surface area (Å²) >= 11 is 0. The average Bonchev–Trinajstić information content (AvgIpc) is 2.74. The molecular formula is C16H19FN2O2. The minimum atomic E-state index is -0.669. The van der Waals surface area contributed by atoms with Crippen molar-refractivity contribution < 1.29 is 14.0 Å². The van der Waals surface area contributed by atoms with Crippen LogP contribution >= 0.6 is 0 Å². The molecule has 112 valence electrons. The molecule has 0 radical (unpaired) electrons. The first-order valence-electron chi connectivity index (χ1n) is 7.42. The van der Waals surface area contributed by atoms with E-state index in [1.165, 1.54) is 17.0 Å². The van der Waals surface area contributed by atoms with Crippen LogP contribution in [0.15, 0.2) is 24.3 Å².